The van der Waals surface area contributed by atoms with Gasteiger partial charge in [0.25, 0.3) is 5.89 Å². The summed E-state index contributed by atoms with van der Waals surface area (Å²) in [6.45, 7) is 3.22. The summed E-state index contributed by atoms with van der Waals surface area (Å²) in [5.74, 6) is -0.0962. The van der Waals surface area contributed by atoms with Crippen molar-refractivity contribution in [3.8, 4) is 11.4 Å². The van der Waals surface area contributed by atoms with Gasteiger partial charge < -0.3 is 14.2 Å². The molecule has 122 valence electrons. The lowest BCUT2D eigenvalue weighted by Crippen LogP contribution is -2.05. The molecule has 0 bridgehead atoms. The molecule has 2 heterocycles. The van der Waals surface area contributed by atoms with Crippen molar-refractivity contribution in [2.45, 2.75) is 20.5 Å². The van der Waals surface area contributed by atoms with Crippen molar-refractivity contribution >= 4 is 11.8 Å². The van der Waals surface area contributed by atoms with Crippen LogP contribution in [0.5, 0.6) is 0 Å². The molecule has 0 radical (unpaired) electrons. The van der Waals surface area contributed by atoms with Crippen molar-refractivity contribution in [1.29, 1.82) is 0 Å². The Morgan fingerprint density at radius 1 is 1.29 bits per heavy atom. The van der Waals surface area contributed by atoms with Gasteiger partial charge in [-0.05, 0) is 25.5 Å². The second-order valence-electron chi connectivity index (χ2n) is 5.26. The number of benzene rings is 1. The second-order valence-corrected chi connectivity index (χ2v) is 5.26. The summed E-state index contributed by atoms with van der Waals surface area (Å²) in [5, 5.41) is 3.90. The van der Waals surface area contributed by atoms with E-state index in [4.69, 9.17) is 9.26 Å². The molecule has 0 saturated heterocycles. The average Bonchev–Trinajstić information content (AvgIpc) is 3.22. The molecule has 7 nitrogen and oxygen atoms in total. The van der Waals surface area contributed by atoms with Crippen LogP contribution in [0.15, 0.2) is 41.1 Å². The van der Waals surface area contributed by atoms with Crippen molar-refractivity contribution in [2.75, 3.05) is 0 Å². The number of hydrogen-bond acceptors (Lipinski definition) is 6. The molecule has 24 heavy (non-hydrogen) atoms. The van der Waals surface area contributed by atoms with Gasteiger partial charge in [-0.3, -0.25) is 4.79 Å². The Balaban J connectivity index is 1.66. The van der Waals surface area contributed by atoms with Gasteiger partial charge >= 0.3 is 5.97 Å². The van der Waals surface area contributed by atoms with Crippen LogP contribution in [-0.4, -0.2) is 26.9 Å². The second kappa shape index (κ2) is 6.49. The van der Waals surface area contributed by atoms with E-state index in [1.165, 1.54) is 19.2 Å². The van der Waals surface area contributed by atoms with E-state index >= 15 is 0 Å². The SMILES string of the molecule is CC(=O)c1c[nH]c(C(=O)OCc2nc(-c3ccccc3C)no2)c1. The van der Waals surface area contributed by atoms with Crippen molar-refractivity contribution in [1.82, 2.24) is 15.1 Å². The van der Waals surface area contributed by atoms with Gasteiger partial charge in [0.2, 0.25) is 5.82 Å². The van der Waals surface area contributed by atoms with Crippen molar-refractivity contribution in [3.63, 3.8) is 0 Å². The third kappa shape index (κ3) is 3.24. The zero-order valence-corrected chi connectivity index (χ0v) is 13.2. The van der Waals surface area contributed by atoms with Crippen LogP contribution in [0.3, 0.4) is 0 Å². The molecule has 2 aromatic heterocycles. The molecule has 7 heteroatoms. The molecule has 0 fully saturated rings. The summed E-state index contributed by atoms with van der Waals surface area (Å²) in [4.78, 5) is 30.1. The fourth-order valence-electron chi connectivity index (χ4n) is 2.17. The lowest BCUT2D eigenvalue weighted by Gasteiger charge is -1.99. The predicted octanol–water partition coefficient (Wildman–Crippen LogP) is 2.93. The predicted molar refractivity (Wildman–Crippen MR) is 84.4 cm³/mol. The Morgan fingerprint density at radius 2 is 2.08 bits per heavy atom. The van der Waals surface area contributed by atoms with E-state index in [2.05, 4.69) is 15.1 Å². The smallest absolute Gasteiger partial charge is 0.355 e. The Bertz CT molecular complexity index is 895. The van der Waals surface area contributed by atoms with Gasteiger partial charge in [-0.1, -0.05) is 29.4 Å². The number of ketones is 1. The zero-order chi connectivity index (χ0) is 17.1. The lowest BCUT2D eigenvalue weighted by atomic mass is 10.1. The van der Waals surface area contributed by atoms with Crippen LogP contribution < -0.4 is 0 Å². The fraction of sp³-hybridized carbons (Fsp3) is 0.176. The minimum absolute atomic E-state index is 0.134. The van der Waals surface area contributed by atoms with Crippen molar-refractivity contribution < 1.29 is 18.8 Å². The van der Waals surface area contributed by atoms with Gasteiger partial charge in [-0.2, -0.15) is 4.98 Å². The maximum atomic E-state index is 11.9. The number of nitrogens with one attached hydrogen (secondary N) is 1. The molecular formula is C17H15N3O4. The summed E-state index contributed by atoms with van der Waals surface area (Å²) >= 11 is 0. The minimum atomic E-state index is -0.599. The zero-order valence-electron chi connectivity index (χ0n) is 13.2. The minimum Gasteiger partial charge on any atom is -0.451 e. The first kappa shape index (κ1) is 15.7. The highest BCUT2D eigenvalue weighted by atomic mass is 16.6. The van der Waals surface area contributed by atoms with Crippen LogP contribution in [0.1, 0.15) is 39.2 Å². The first-order valence-corrected chi connectivity index (χ1v) is 7.29. The summed E-state index contributed by atoms with van der Waals surface area (Å²) in [6, 6.07) is 9.09. The molecule has 0 aliphatic heterocycles. The van der Waals surface area contributed by atoms with E-state index < -0.39 is 5.97 Å². The van der Waals surface area contributed by atoms with Crippen LogP contribution >= 0.6 is 0 Å². The highest BCUT2D eigenvalue weighted by Crippen LogP contribution is 2.20. The average molecular weight is 325 g/mol. The van der Waals surface area contributed by atoms with Crippen LogP contribution in [0, 0.1) is 6.92 Å². The third-order valence-corrected chi connectivity index (χ3v) is 3.49. The van der Waals surface area contributed by atoms with E-state index in [0.29, 0.717) is 11.4 Å². The molecule has 3 aromatic rings. The number of aromatic amines is 1. The topological polar surface area (TPSA) is 98.1 Å². The van der Waals surface area contributed by atoms with Gasteiger partial charge in [0.05, 0.1) is 0 Å². The molecule has 0 aliphatic rings. The number of aryl methyl sites for hydroxylation is 1. The molecule has 1 aromatic carbocycles. The largest absolute Gasteiger partial charge is 0.451 e. The highest BCUT2D eigenvalue weighted by molar-refractivity contribution is 5.97. The molecule has 0 spiro atoms. The van der Waals surface area contributed by atoms with Gasteiger partial charge in [0, 0.05) is 17.3 Å². The van der Waals surface area contributed by atoms with Crippen LogP contribution in [0.2, 0.25) is 0 Å². The maximum Gasteiger partial charge on any atom is 0.355 e. The van der Waals surface area contributed by atoms with E-state index in [-0.39, 0.29) is 24.0 Å². The number of rotatable bonds is 5. The first-order valence-electron chi connectivity index (χ1n) is 7.29. The first-order chi connectivity index (χ1) is 11.5. The number of H-pyrrole nitrogens is 1. The highest BCUT2D eigenvalue weighted by Gasteiger charge is 2.15. The summed E-state index contributed by atoms with van der Waals surface area (Å²) < 4.78 is 10.2. The van der Waals surface area contributed by atoms with E-state index in [9.17, 15) is 9.59 Å². The van der Waals surface area contributed by atoms with Crippen LogP contribution in [0.25, 0.3) is 11.4 Å². The summed E-state index contributed by atoms with van der Waals surface area (Å²) in [6.07, 6.45) is 1.46. The lowest BCUT2D eigenvalue weighted by molar-refractivity contribution is 0.0423. The molecule has 0 saturated carbocycles. The Hall–Kier alpha value is -3.22. The fourth-order valence-corrected chi connectivity index (χ4v) is 2.17. The van der Waals surface area contributed by atoms with Crippen LogP contribution in [0.4, 0.5) is 0 Å². The molecule has 1 N–H and O–H groups in total. The normalized spacial score (nSPS) is 10.6. The third-order valence-electron chi connectivity index (χ3n) is 3.49. The monoisotopic (exact) mass is 325 g/mol. The molecule has 0 atom stereocenters. The number of Topliss-reactive ketones (excluding diaryl/α,β-unsaturated/α-hetero) is 1. The number of aromatic nitrogens is 3. The number of carbonyl (C=O) groups excluding carboxylic acids is 2. The van der Waals surface area contributed by atoms with E-state index in [1.54, 1.807) is 0 Å². The molecule has 3 rings (SSSR count). The van der Waals surface area contributed by atoms with Crippen molar-refractivity contribution in [2.24, 2.45) is 0 Å². The number of esters is 1. The van der Waals surface area contributed by atoms with Gasteiger partial charge in [-0.15, -0.1) is 0 Å². The molecule has 0 amide bonds. The van der Waals surface area contributed by atoms with Crippen molar-refractivity contribution in [3.05, 3.63) is 59.2 Å². The van der Waals surface area contributed by atoms with Gasteiger partial charge in [0.15, 0.2) is 12.4 Å². The quantitative estimate of drug-likeness (QED) is 0.572. The number of hydrogen-bond donors (Lipinski definition) is 1. The molecule has 0 aliphatic carbocycles. The molecular weight excluding hydrogens is 310 g/mol. The summed E-state index contributed by atoms with van der Waals surface area (Å²) in [5.41, 5.74) is 2.49. The Labute approximate surface area is 137 Å². The Kier molecular flexibility index (Phi) is 4.24. The summed E-state index contributed by atoms with van der Waals surface area (Å²) in [7, 11) is 0. The molecule has 0 unspecified atom stereocenters. The maximum absolute atomic E-state index is 11.9. The van der Waals surface area contributed by atoms with Crippen LogP contribution in [-0.2, 0) is 11.3 Å². The Morgan fingerprint density at radius 3 is 2.79 bits per heavy atom. The van der Waals surface area contributed by atoms with E-state index in [1.807, 2.05) is 31.2 Å². The number of nitrogens with zero attached hydrogens (tertiary/aromatic N) is 2. The standard InChI is InChI=1S/C17H15N3O4/c1-10-5-3-4-6-13(10)16-19-15(24-20-16)9-23-17(22)14-7-12(8-18-14)11(2)21/h3-8,18H,9H2,1-2H3. The number of carbonyl (C=O) groups is 2. The van der Waals surface area contributed by atoms with E-state index in [0.717, 1.165) is 11.1 Å². The van der Waals surface area contributed by atoms with Gasteiger partial charge in [-0.25, -0.2) is 4.79 Å². The van der Waals surface area contributed by atoms with Gasteiger partial charge in [0.1, 0.15) is 5.69 Å². The number of ether oxygens (including phenoxy) is 1.